The standard InChI is InChI=1S/C13H20N2O/c1-13(2,15)8-11(14)9-3-4-12-10(7-9)5-6-16-12/h3-4,7,11H,5-6,8,14-15H2,1-2H3. The first-order valence-electron chi connectivity index (χ1n) is 5.76. The maximum atomic E-state index is 6.15. The second-order valence-corrected chi connectivity index (χ2v) is 5.26. The van der Waals surface area contributed by atoms with Gasteiger partial charge in [0.05, 0.1) is 6.61 Å². The van der Waals surface area contributed by atoms with Crippen LogP contribution in [0, 0.1) is 0 Å². The van der Waals surface area contributed by atoms with Crippen molar-refractivity contribution in [3.05, 3.63) is 29.3 Å². The van der Waals surface area contributed by atoms with Gasteiger partial charge in [0, 0.05) is 18.0 Å². The van der Waals surface area contributed by atoms with Crippen molar-refractivity contribution in [2.24, 2.45) is 11.5 Å². The van der Waals surface area contributed by atoms with Crippen molar-refractivity contribution in [3.8, 4) is 5.75 Å². The lowest BCUT2D eigenvalue weighted by Crippen LogP contribution is -2.35. The van der Waals surface area contributed by atoms with Gasteiger partial charge in [-0.15, -0.1) is 0 Å². The summed E-state index contributed by atoms with van der Waals surface area (Å²) in [5.74, 6) is 1.00. The highest BCUT2D eigenvalue weighted by Gasteiger charge is 2.19. The number of fused-ring (bicyclic) bond motifs is 1. The molecule has 0 saturated carbocycles. The molecule has 4 N–H and O–H groups in total. The normalized spacial score (nSPS) is 16.8. The van der Waals surface area contributed by atoms with E-state index < -0.39 is 0 Å². The number of nitrogens with two attached hydrogens (primary N) is 2. The van der Waals surface area contributed by atoms with Crippen molar-refractivity contribution in [1.82, 2.24) is 0 Å². The number of ether oxygens (including phenoxy) is 1. The Kier molecular flexibility index (Phi) is 2.91. The molecule has 3 heteroatoms. The van der Waals surface area contributed by atoms with Gasteiger partial charge in [0.1, 0.15) is 5.75 Å². The number of benzene rings is 1. The lowest BCUT2D eigenvalue weighted by Gasteiger charge is -2.23. The molecule has 0 radical (unpaired) electrons. The van der Waals surface area contributed by atoms with Crippen LogP contribution in [-0.2, 0) is 6.42 Å². The molecular weight excluding hydrogens is 200 g/mol. The summed E-state index contributed by atoms with van der Waals surface area (Å²) in [6.07, 6.45) is 1.77. The molecule has 0 saturated heterocycles. The van der Waals surface area contributed by atoms with Crippen LogP contribution in [0.2, 0.25) is 0 Å². The Morgan fingerprint density at radius 3 is 2.88 bits per heavy atom. The van der Waals surface area contributed by atoms with Gasteiger partial charge in [-0.3, -0.25) is 0 Å². The number of hydrogen-bond acceptors (Lipinski definition) is 3. The molecule has 0 fully saturated rings. The van der Waals surface area contributed by atoms with E-state index in [9.17, 15) is 0 Å². The van der Waals surface area contributed by atoms with Crippen molar-refractivity contribution in [3.63, 3.8) is 0 Å². The first-order chi connectivity index (χ1) is 7.46. The Balaban J connectivity index is 2.15. The molecule has 1 aromatic carbocycles. The summed E-state index contributed by atoms with van der Waals surface area (Å²) in [7, 11) is 0. The maximum Gasteiger partial charge on any atom is 0.122 e. The van der Waals surface area contributed by atoms with Crippen molar-refractivity contribution < 1.29 is 4.74 Å². The van der Waals surface area contributed by atoms with Crippen LogP contribution in [0.1, 0.15) is 37.4 Å². The van der Waals surface area contributed by atoms with Gasteiger partial charge in [-0.2, -0.15) is 0 Å². The summed E-state index contributed by atoms with van der Waals surface area (Å²) in [5.41, 5.74) is 14.3. The molecule has 0 bridgehead atoms. The summed E-state index contributed by atoms with van der Waals surface area (Å²) in [5, 5.41) is 0. The van der Waals surface area contributed by atoms with Crippen molar-refractivity contribution in [1.29, 1.82) is 0 Å². The average molecular weight is 220 g/mol. The Morgan fingerprint density at radius 2 is 2.19 bits per heavy atom. The number of hydrogen-bond donors (Lipinski definition) is 2. The zero-order valence-corrected chi connectivity index (χ0v) is 9.99. The zero-order chi connectivity index (χ0) is 11.8. The fourth-order valence-electron chi connectivity index (χ4n) is 2.12. The molecule has 3 nitrogen and oxygen atoms in total. The molecule has 1 aromatic rings. The van der Waals surface area contributed by atoms with Crippen LogP contribution in [0.4, 0.5) is 0 Å². The molecule has 1 unspecified atom stereocenters. The molecule has 1 aliphatic heterocycles. The minimum atomic E-state index is -0.227. The van der Waals surface area contributed by atoms with E-state index >= 15 is 0 Å². The van der Waals surface area contributed by atoms with Crippen LogP contribution in [-0.4, -0.2) is 12.1 Å². The van der Waals surface area contributed by atoms with E-state index in [2.05, 4.69) is 6.07 Å². The van der Waals surface area contributed by atoms with Crippen molar-refractivity contribution in [2.75, 3.05) is 6.61 Å². The molecule has 1 atom stereocenters. The van der Waals surface area contributed by atoms with Gasteiger partial charge in [0.2, 0.25) is 0 Å². The quantitative estimate of drug-likeness (QED) is 0.815. The summed E-state index contributed by atoms with van der Waals surface area (Å²) in [6, 6.07) is 6.21. The van der Waals surface area contributed by atoms with E-state index in [1.165, 1.54) is 5.56 Å². The Bertz CT molecular complexity index is 382. The van der Waals surface area contributed by atoms with Crippen LogP contribution in [0.15, 0.2) is 18.2 Å². The van der Waals surface area contributed by atoms with Gasteiger partial charge in [-0.05, 0) is 37.5 Å². The van der Waals surface area contributed by atoms with E-state index in [0.29, 0.717) is 0 Å². The largest absolute Gasteiger partial charge is 0.493 e. The molecule has 16 heavy (non-hydrogen) atoms. The smallest absolute Gasteiger partial charge is 0.122 e. The number of rotatable bonds is 3. The predicted octanol–water partition coefficient (Wildman–Crippen LogP) is 1.75. The highest BCUT2D eigenvalue weighted by molar-refractivity contribution is 5.40. The average Bonchev–Trinajstić information content (AvgIpc) is 2.61. The zero-order valence-electron chi connectivity index (χ0n) is 9.99. The van der Waals surface area contributed by atoms with Gasteiger partial charge in [0.15, 0.2) is 0 Å². The molecular formula is C13H20N2O. The van der Waals surface area contributed by atoms with Crippen LogP contribution in [0.3, 0.4) is 0 Å². The molecule has 0 aromatic heterocycles. The van der Waals surface area contributed by atoms with E-state index in [0.717, 1.165) is 30.8 Å². The third kappa shape index (κ3) is 2.54. The molecule has 88 valence electrons. The summed E-state index contributed by atoms with van der Waals surface area (Å²) in [4.78, 5) is 0. The van der Waals surface area contributed by atoms with Crippen molar-refractivity contribution in [2.45, 2.75) is 38.3 Å². The van der Waals surface area contributed by atoms with Crippen molar-refractivity contribution >= 4 is 0 Å². The minimum Gasteiger partial charge on any atom is -0.493 e. The van der Waals surface area contributed by atoms with E-state index in [1.807, 2.05) is 26.0 Å². The Labute approximate surface area is 96.8 Å². The van der Waals surface area contributed by atoms with E-state index in [-0.39, 0.29) is 11.6 Å². The Hall–Kier alpha value is -1.06. The summed E-state index contributed by atoms with van der Waals surface area (Å²) in [6.45, 7) is 4.79. The molecule has 2 rings (SSSR count). The molecule has 1 heterocycles. The predicted molar refractivity (Wildman–Crippen MR) is 65.5 cm³/mol. The maximum absolute atomic E-state index is 6.15. The fraction of sp³-hybridized carbons (Fsp3) is 0.538. The van der Waals surface area contributed by atoms with E-state index in [1.54, 1.807) is 0 Å². The van der Waals surface area contributed by atoms with E-state index in [4.69, 9.17) is 16.2 Å². The second kappa shape index (κ2) is 4.07. The van der Waals surface area contributed by atoms with Crippen LogP contribution < -0.4 is 16.2 Å². The lowest BCUT2D eigenvalue weighted by atomic mass is 9.92. The third-order valence-electron chi connectivity index (χ3n) is 2.89. The molecule has 0 aliphatic carbocycles. The van der Waals surface area contributed by atoms with Gasteiger partial charge in [0.25, 0.3) is 0 Å². The highest BCUT2D eigenvalue weighted by atomic mass is 16.5. The highest BCUT2D eigenvalue weighted by Crippen LogP contribution is 2.29. The van der Waals surface area contributed by atoms with Gasteiger partial charge < -0.3 is 16.2 Å². The first-order valence-corrected chi connectivity index (χ1v) is 5.76. The Morgan fingerprint density at radius 1 is 1.44 bits per heavy atom. The lowest BCUT2D eigenvalue weighted by molar-refractivity contribution is 0.356. The molecule has 0 amide bonds. The summed E-state index contributed by atoms with van der Waals surface area (Å²) >= 11 is 0. The monoisotopic (exact) mass is 220 g/mol. The second-order valence-electron chi connectivity index (χ2n) is 5.26. The molecule has 0 spiro atoms. The van der Waals surface area contributed by atoms with Crippen LogP contribution in [0.5, 0.6) is 5.75 Å². The van der Waals surface area contributed by atoms with Gasteiger partial charge in [-0.1, -0.05) is 12.1 Å². The SMILES string of the molecule is CC(C)(N)CC(N)c1ccc2c(c1)CCO2. The fourth-order valence-corrected chi connectivity index (χ4v) is 2.12. The molecule has 1 aliphatic rings. The van der Waals surface area contributed by atoms with Crippen LogP contribution >= 0.6 is 0 Å². The summed E-state index contributed by atoms with van der Waals surface area (Å²) < 4.78 is 5.47. The topological polar surface area (TPSA) is 61.3 Å². The first kappa shape index (κ1) is 11.4. The van der Waals surface area contributed by atoms with Gasteiger partial charge >= 0.3 is 0 Å². The third-order valence-corrected chi connectivity index (χ3v) is 2.89. The van der Waals surface area contributed by atoms with Gasteiger partial charge in [-0.25, -0.2) is 0 Å². The minimum absolute atomic E-state index is 0.00546. The van der Waals surface area contributed by atoms with Crippen LogP contribution in [0.25, 0.3) is 0 Å².